The Morgan fingerprint density at radius 2 is 1.87 bits per heavy atom. The Morgan fingerprint density at radius 1 is 1.17 bits per heavy atom. The molecule has 0 heterocycles. The molecule has 0 bridgehead atoms. The Balaban J connectivity index is 0.000000467. The molecular formula is C27H42N2O. The van der Waals surface area contributed by atoms with E-state index in [1.807, 2.05) is 24.3 Å². The van der Waals surface area contributed by atoms with E-state index in [4.69, 9.17) is 0 Å². The molecule has 3 heteroatoms. The smallest absolute Gasteiger partial charge is 0.319 e. The lowest BCUT2D eigenvalue weighted by Gasteiger charge is -2.13. The van der Waals surface area contributed by atoms with Crippen LogP contribution in [0.2, 0.25) is 0 Å². The zero-order valence-electron chi connectivity index (χ0n) is 19.8. The number of nitrogens with one attached hydrogen (secondary N) is 2. The van der Waals surface area contributed by atoms with Crippen molar-refractivity contribution in [3.63, 3.8) is 0 Å². The lowest BCUT2D eigenvalue weighted by Crippen LogP contribution is -2.32. The summed E-state index contributed by atoms with van der Waals surface area (Å²) in [5, 5.41) is 5.81. The Kier molecular flexibility index (Phi) is 12.6. The molecule has 1 unspecified atom stereocenters. The number of rotatable bonds is 9. The molecule has 30 heavy (non-hydrogen) atoms. The average molecular weight is 411 g/mol. The molecule has 1 aliphatic carbocycles. The van der Waals surface area contributed by atoms with Crippen LogP contribution in [0.25, 0.3) is 0 Å². The number of anilines is 1. The van der Waals surface area contributed by atoms with Gasteiger partial charge >= 0.3 is 6.03 Å². The van der Waals surface area contributed by atoms with Crippen LogP contribution in [-0.2, 0) is 6.42 Å². The molecule has 0 radical (unpaired) electrons. The molecule has 1 atom stereocenters. The summed E-state index contributed by atoms with van der Waals surface area (Å²) < 4.78 is 0. The standard InChI is InChI=1S/C19H30N2O.C8H12/c1-5-17-10-12-18(13-11-17)21-19(22)20-14-16(4)9-7-6-8-15(2)3;1-7-5-3-4-6-8(7)2/h10-13,16H,2,5-9,14H2,1,3-4H3,(H2,20,21,22);3,5H,4,6H2,1-2H3. The average Bonchev–Trinajstić information content (AvgIpc) is 2.73. The summed E-state index contributed by atoms with van der Waals surface area (Å²) in [7, 11) is 0. The fraction of sp³-hybridized carbons (Fsp3) is 0.519. The third-order valence-corrected chi connectivity index (χ3v) is 5.51. The Bertz CT molecular complexity index is 713. The highest BCUT2D eigenvalue weighted by atomic mass is 16.2. The van der Waals surface area contributed by atoms with E-state index >= 15 is 0 Å². The third kappa shape index (κ3) is 11.6. The zero-order valence-corrected chi connectivity index (χ0v) is 19.8. The second kappa shape index (κ2) is 14.7. The van der Waals surface area contributed by atoms with Gasteiger partial charge in [0, 0.05) is 12.2 Å². The summed E-state index contributed by atoms with van der Waals surface area (Å²) in [5.74, 6) is 0.498. The van der Waals surface area contributed by atoms with E-state index in [2.05, 4.69) is 64.0 Å². The van der Waals surface area contributed by atoms with E-state index in [0.717, 1.165) is 24.9 Å². The first-order valence-electron chi connectivity index (χ1n) is 11.4. The summed E-state index contributed by atoms with van der Waals surface area (Å²) in [6.07, 6.45) is 12.6. The van der Waals surface area contributed by atoms with Crippen molar-refractivity contribution in [1.29, 1.82) is 0 Å². The van der Waals surface area contributed by atoms with E-state index in [1.165, 1.54) is 42.4 Å². The van der Waals surface area contributed by atoms with Gasteiger partial charge in [-0.25, -0.2) is 4.79 Å². The van der Waals surface area contributed by atoms with Gasteiger partial charge in [-0.2, -0.15) is 0 Å². The number of carbonyl (C=O) groups is 1. The van der Waals surface area contributed by atoms with E-state index in [9.17, 15) is 4.79 Å². The van der Waals surface area contributed by atoms with Crippen LogP contribution in [0.15, 0.2) is 59.7 Å². The number of urea groups is 1. The van der Waals surface area contributed by atoms with Crippen LogP contribution in [0.5, 0.6) is 0 Å². The van der Waals surface area contributed by atoms with Crippen molar-refractivity contribution in [2.24, 2.45) is 5.92 Å². The Labute approximate surface area is 184 Å². The predicted octanol–water partition coefficient (Wildman–Crippen LogP) is 7.82. The summed E-state index contributed by atoms with van der Waals surface area (Å²) in [4.78, 5) is 11.9. The maximum atomic E-state index is 11.9. The van der Waals surface area contributed by atoms with Gasteiger partial charge in [-0.05, 0) is 82.9 Å². The van der Waals surface area contributed by atoms with Crippen LogP contribution in [-0.4, -0.2) is 12.6 Å². The largest absolute Gasteiger partial charge is 0.338 e. The molecule has 0 saturated carbocycles. The topological polar surface area (TPSA) is 41.1 Å². The Morgan fingerprint density at radius 3 is 2.40 bits per heavy atom. The maximum Gasteiger partial charge on any atom is 0.319 e. The number of amides is 2. The van der Waals surface area contributed by atoms with Gasteiger partial charge in [0.15, 0.2) is 0 Å². The highest BCUT2D eigenvalue weighted by Crippen LogP contribution is 2.16. The first-order chi connectivity index (χ1) is 14.3. The molecule has 2 N–H and O–H groups in total. The highest BCUT2D eigenvalue weighted by molar-refractivity contribution is 5.89. The SMILES string of the molecule is C=C(C)CCCCC(C)CNC(=O)Nc1ccc(CC)cc1.CC1=C(C)CCC=C1. The quantitative estimate of drug-likeness (QED) is 0.316. The van der Waals surface area contributed by atoms with E-state index in [1.54, 1.807) is 5.57 Å². The van der Waals surface area contributed by atoms with Crippen LogP contribution in [0.4, 0.5) is 10.5 Å². The van der Waals surface area contributed by atoms with Gasteiger partial charge in [0.05, 0.1) is 0 Å². The summed E-state index contributed by atoms with van der Waals surface area (Å²) in [5.41, 5.74) is 6.36. The van der Waals surface area contributed by atoms with Gasteiger partial charge in [0.25, 0.3) is 0 Å². The molecule has 2 rings (SSSR count). The minimum absolute atomic E-state index is 0.127. The number of hydrogen-bond acceptors (Lipinski definition) is 1. The van der Waals surface area contributed by atoms with Crippen LogP contribution in [0.1, 0.15) is 78.7 Å². The van der Waals surface area contributed by atoms with Crippen molar-refractivity contribution < 1.29 is 4.79 Å². The molecule has 0 fully saturated rings. The minimum atomic E-state index is -0.127. The van der Waals surface area contributed by atoms with Crippen molar-refractivity contribution in [2.45, 2.75) is 79.6 Å². The molecule has 0 saturated heterocycles. The third-order valence-electron chi connectivity index (χ3n) is 5.51. The van der Waals surface area contributed by atoms with Crippen LogP contribution >= 0.6 is 0 Å². The number of unbranched alkanes of at least 4 members (excludes halogenated alkanes) is 1. The molecule has 1 aromatic carbocycles. The zero-order chi connectivity index (χ0) is 22.4. The molecule has 0 spiro atoms. The predicted molar refractivity (Wildman–Crippen MR) is 132 cm³/mol. The summed E-state index contributed by atoms with van der Waals surface area (Å²) in [6.45, 7) is 15.4. The van der Waals surface area contributed by atoms with Crippen LogP contribution in [0, 0.1) is 5.92 Å². The van der Waals surface area contributed by atoms with Crippen molar-refractivity contribution in [1.82, 2.24) is 5.32 Å². The van der Waals surface area contributed by atoms with E-state index < -0.39 is 0 Å². The summed E-state index contributed by atoms with van der Waals surface area (Å²) in [6, 6.07) is 7.84. The van der Waals surface area contributed by atoms with Gasteiger partial charge in [0.1, 0.15) is 0 Å². The van der Waals surface area contributed by atoms with Gasteiger partial charge in [-0.3, -0.25) is 0 Å². The van der Waals surface area contributed by atoms with Crippen molar-refractivity contribution in [2.75, 3.05) is 11.9 Å². The van der Waals surface area contributed by atoms with Crippen molar-refractivity contribution >= 4 is 11.7 Å². The number of carbonyl (C=O) groups excluding carboxylic acids is 1. The van der Waals surface area contributed by atoms with Crippen LogP contribution < -0.4 is 10.6 Å². The maximum absolute atomic E-state index is 11.9. The lowest BCUT2D eigenvalue weighted by atomic mass is 10.0. The van der Waals surface area contributed by atoms with Gasteiger partial charge in [0.2, 0.25) is 0 Å². The number of benzene rings is 1. The first kappa shape index (κ1) is 25.7. The monoisotopic (exact) mass is 410 g/mol. The molecule has 3 nitrogen and oxygen atoms in total. The van der Waals surface area contributed by atoms with Gasteiger partial charge in [-0.1, -0.05) is 61.3 Å². The molecule has 0 aromatic heterocycles. The molecule has 166 valence electrons. The van der Waals surface area contributed by atoms with Crippen LogP contribution in [0.3, 0.4) is 0 Å². The second-order valence-electron chi connectivity index (χ2n) is 8.60. The Hall–Kier alpha value is -2.29. The normalized spacial score (nSPS) is 13.9. The fourth-order valence-electron chi connectivity index (χ4n) is 3.19. The molecule has 1 aliphatic rings. The summed E-state index contributed by atoms with van der Waals surface area (Å²) >= 11 is 0. The first-order valence-corrected chi connectivity index (χ1v) is 11.4. The van der Waals surface area contributed by atoms with E-state index in [0.29, 0.717) is 12.5 Å². The molecule has 0 aliphatic heterocycles. The molecule has 2 amide bonds. The van der Waals surface area contributed by atoms with Gasteiger partial charge in [-0.15, -0.1) is 6.58 Å². The minimum Gasteiger partial charge on any atom is -0.338 e. The number of hydrogen-bond donors (Lipinski definition) is 2. The molecule has 1 aromatic rings. The number of aryl methyl sites for hydroxylation is 1. The van der Waals surface area contributed by atoms with E-state index in [-0.39, 0.29) is 6.03 Å². The molecular weight excluding hydrogens is 368 g/mol. The van der Waals surface area contributed by atoms with Crippen molar-refractivity contribution in [3.8, 4) is 0 Å². The highest BCUT2D eigenvalue weighted by Gasteiger charge is 2.06. The second-order valence-corrected chi connectivity index (χ2v) is 8.60. The van der Waals surface area contributed by atoms with Gasteiger partial charge < -0.3 is 10.6 Å². The fourth-order valence-corrected chi connectivity index (χ4v) is 3.19. The van der Waals surface area contributed by atoms with Crippen molar-refractivity contribution in [3.05, 3.63) is 65.3 Å². The lowest BCUT2D eigenvalue weighted by molar-refractivity contribution is 0.250. The number of allylic oxidation sites excluding steroid dienone is 5.